The Kier molecular flexibility index (Phi) is 5.23. The molecular weight excluding hydrogens is 380 g/mol. The number of amides is 2. The first-order valence-corrected chi connectivity index (χ1v) is 9.30. The van der Waals surface area contributed by atoms with Crippen molar-refractivity contribution in [2.24, 2.45) is 0 Å². The van der Waals surface area contributed by atoms with Gasteiger partial charge in [0.05, 0.1) is 5.41 Å². The number of hydrogen-bond donors (Lipinski definition) is 2. The quantitative estimate of drug-likeness (QED) is 0.787. The second-order valence-electron chi connectivity index (χ2n) is 6.33. The zero-order valence-electron chi connectivity index (χ0n) is 14.1. The molecule has 1 saturated carbocycles. The van der Waals surface area contributed by atoms with Crippen molar-refractivity contribution in [3.8, 4) is 0 Å². The van der Waals surface area contributed by atoms with Crippen molar-refractivity contribution >= 4 is 33.4 Å². The van der Waals surface area contributed by atoms with Gasteiger partial charge in [0.1, 0.15) is 0 Å². The van der Waals surface area contributed by atoms with E-state index >= 15 is 0 Å². The van der Waals surface area contributed by atoms with Crippen LogP contribution in [0.15, 0.2) is 53.0 Å². The first-order valence-electron chi connectivity index (χ1n) is 8.51. The smallest absolute Gasteiger partial charge is 0.255 e. The van der Waals surface area contributed by atoms with Gasteiger partial charge in [-0.05, 0) is 61.7 Å². The summed E-state index contributed by atoms with van der Waals surface area (Å²) in [5, 5.41) is 5.84. The lowest BCUT2D eigenvalue weighted by Crippen LogP contribution is -2.49. The predicted octanol–water partition coefficient (Wildman–Crippen LogP) is 4.26. The summed E-state index contributed by atoms with van der Waals surface area (Å²) in [7, 11) is 0. The SMILES string of the molecule is CCNC(=O)C1(c2ccc(NC(=O)c3ccc(Br)cc3)cc2)CCC1. The fourth-order valence-corrected chi connectivity index (χ4v) is 3.45. The van der Waals surface area contributed by atoms with Crippen LogP contribution in [0.1, 0.15) is 42.1 Å². The van der Waals surface area contributed by atoms with Crippen LogP contribution in [-0.2, 0) is 10.2 Å². The Balaban J connectivity index is 1.73. The third-order valence-corrected chi connectivity index (χ3v) is 5.31. The van der Waals surface area contributed by atoms with Crippen LogP contribution < -0.4 is 10.6 Å². The van der Waals surface area contributed by atoms with E-state index in [1.807, 2.05) is 43.3 Å². The van der Waals surface area contributed by atoms with Crippen molar-refractivity contribution in [3.05, 3.63) is 64.1 Å². The summed E-state index contributed by atoms with van der Waals surface area (Å²) in [4.78, 5) is 24.7. The van der Waals surface area contributed by atoms with E-state index in [9.17, 15) is 9.59 Å². The van der Waals surface area contributed by atoms with E-state index in [1.165, 1.54) is 0 Å². The molecular formula is C20H21BrN2O2. The number of halogens is 1. The molecule has 1 aliphatic carbocycles. The second kappa shape index (κ2) is 7.40. The zero-order chi connectivity index (χ0) is 17.9. The molecule has 0 unspecified atom stereocenters. The van der Waals surface area contributed by atoms with Crippen LogP contribution in [-0.4, -0.2) is 18.4 Å². The molecule has 2 aromatic carbocycles. The van der Waals surface area contributed by atoms with Crippen molar-refractivity contribution in [3.63, 3.8) is 0 Å². The summed E-state index contributed by atoms with van der Waals surface area (Å²) in [6, 6.07) is 14.8. The molecule has 0 bridgehead atoms. The van der Waals surface area contributed by atoms with Gasteiger partial charge in [0.15, 0.2) is 0 Å². The molecule has 130 valence electrons. The van der Waals surface area contributed by atoms with Crippen molar-refractivity contribution < 1.29 is 9.59 Å². The molecule has 0 heterocycles. The lowest BCUT2D eigenvalue weighted by molar-refractivity contribution is -0.129. The predicted molar refractivity (Wildman–Crippen MR) is 103 cm³/mol. The highest BCUT2D eigenvalue weighted by molar-refractivity contribution is 9.10. The zero-order valence-corrected chi connectivity index (χ0v) is 15.7. The Morgan fingerprint density at radius 2 is 1.68 bits per heavy atom. The summed E-state index contributed by atoms with van der Waals surface area (Å²) in [6.07, 6.45) is 2.83. The van der Waals surface area contributed by atoms with E-state index in [0.29, 0.717) is 12.1 Å². The first-order chi connectivity index (χ1) is 12.0. The number of rotatable bonds is 5. The molecule has 0 spiro atoms. The average molecular weight is 401 g/mol. The average Bonchev–Trinajstić information content (AvgIpc) is 2.56. The molecule has 0 aromatic heterocycles. The van der Waals surface area contributed by atoms with Crippen LogP contribution in [0.5, 0.6) is 0 Å². The number of benzene rings is 2. The van der Waals surface area contributed by atoms with Crippen LogP contribution >= 0.6 is 15.9 Å². The van der Waals surface area contributed by atoms with Crippen LogP contribution in [0.3, 0.4) is 0 Å². The van der Waals surface area contributed by atoms with Gasteiger partial charge in [-0.2, -0.15) is 0 Å². The maximum atomic E-state index is 12.4. The van der Waals surface area contributed by atoms with Crippen molar-refractivity contribution in [1.82, 2.24) is 5.32 Å². The van der Waals surface area contributed by atoms with Crippen LogP contribution in [0.4, 0.5) is 5.69 Å². The van der Waals surface area contributed by atoms with E-state index in [2.05, 4.69) is 26.6 Å². The summed E-state index contributed by atoms with van der Waals surface area (Å²) in [5.41, 5.74) is 1.95. The van der Waals surface area contributed by atoms with Gasteiger partial charge in [0, 0.05) is 22.3 Å². The van der Waals surface area contributed by atoms with Gasteiger partial charge in [-0.1, -0.05) is 34.5 Å². The normalized spacial score (nSPS) is 15.1. The van der Waals surface area contributed by atoms with Crippen LogP contribution in [0.2, 0.25) is 0 Å². The number of carbonyl (C=O) groups is 2. The Morgan fingerprint density at radius 1 is 1.04 bits per heavy atom. The monoisotopic (exact) mass is 400 g/mol. The Hall–Kier alpha value is -2.14. The molecule has 2 aromatic rings. The molecule has 2 N–H and O–H groups in total. The van der Waals surface area contributed by atoms with E-state index in [4.69, 9.17) is 0 Å². The third kappa shape index (κ3) is 3.61. The third-order valence-electron chi connectivity index (χ3n) is 4.78. The molecule has 4 nitrogen and oxygen atoms in total. The van der Waals surface area contributed by atoms with E-state index in [0.717, 1.165) is 35.0 Å². The van der Waals surface area contributed by atoms with Gasteiger partial charge < -0.3 is 10.6 Å². The topological polar surface area (TPSA) is 58.2 Å². The van der Waals surface area contributed by atoms with Gasteiger partial charge in [0.25, 0.3) is 5.91 Å². The summed E-state index contributed by atoms with van der Waals surface area (Å²) >= 11 is 3.36. The van der Waals surface area contributed by atoms with Crippen LogP contribution in [0.25, 0.3) is 0 Å². The van der Waals surface area contributed by atoms with Crippen molar-refractivity contribution in [2.75, 3.05) is 11.9 Å². The van der Waals surface area contributed by atoms with Gasteiger partial charge in [0.2, 0.25) is 5.91 Å². The summed E-state index contributed by atoms with van der Waals surface area (Å²) in [5.74, 6) is -0.0461. The number of anilines is 1. The minimum Gasteiger partial charge on any atom is -0.356 e. The van der Waals surface area contributed by atoms with Gasteiger partial charge in [-0.3, -0.25) is 9.59 Å². The Morgan fingerprint density at radius 3 is 2.20 bits per heavy atom. The molecule has 0 saturated heterocycles. The lowest BCUT2D eigenvalue weighted by Gasteiger charge is -2.40. The minimum atomic E-state index is -0.399. The van der Waals surface area contributed by atoms with E-state index < -0.39 is 5.41 Å². The standard InChI is InChI=1S/C20H21BrN2O2/c1-2-22-19(25)20(12-3-13-20)15-6-10-17(11-7-15)23-18(24)14-4-8-16(21)9-5-14/h4-11H,2-3,12-13H2,1H3,(H,22,25)(H,23,24). The maximum Gasteiger partial charge on any atom is 0.255 e. The van der Waals surface area contributed by atoms with Crippen molar-refractivity contribution in [2.45, 2.75) is 31.6 Å². The molecule has 1 aliphatic rings. The molecule has 1 fully saturated rings. The van der Waals surface area contributed by atoms with Gasteiger partial charge in [-0.15, -0.1) is 0 Å². The summed E-state index contributed by atoms with van der Waals surface area (Å²) < 4.78 is 0.935. The highest BCUT2D eigenvalue weighted by atomic mass is 79.9. The maximum absolute atomic E-state index is 12.4. The molecule has 0 radical (unpaired) electrons. The molecule has 3 rings (SSSR count). The Labute approximate surface area is 156 Å². The van der Waals surface area contributed by atoms with E-state index in [-0.39, 0.29) is 11.8 Å². The number of likely N-dealkylation sites (N-methyl/N-ethyl adjacent to an activating group) is 1. The largest absolute Gasteiger partial charge is 0.356 e. The van der Waals surface area contributed by atoms with Gasteiger partial charge in [-0.25, -0.2) is 0 Å². The number of hydrogen-bond acceptors (Lipinski definition) is 2. The highest BCUT2D eigenvalue weighted by Gasteiger charge is 2.45. The molecule has 5 heteroatoms. The van der Waals surface area contributed by atoms with Crippen LogP contribution in [0, 0.1) is 0 Å². The highest BCUT2D eigenvalue weighted by Crippen LogP contribution is 2.44. The Bertz CT molecular complexity index is 765. The first kappa shape index (κ1) is 17.7. The summed E-state index contributed by atoms with van der Waals surface area (Å²) in [6.45, 7) is 2.58. The van der Waals surface area contributed by atoms with E-state index in [1.54, 1.807) is 12.1 Å². The lowest BCUT2D eigenvalue weighted by atomic mass is 9.64. The molecule has 2 amide bonds. The molecule has 0 aliphatic heterocycles. The van der Waals surface area contributed by atoms with Crippen molar-refractivity contribution in [1.29, 1.82) is 0 Å². The molecule has 0 atom stereocenters. The molecule has 25 heavy (non-hydrogen) atoms. The second-order valence-corrected chi connectivity index (χ2v) is 7.25. The minimum absolute atomic E-state index is 0.105. The number of carbonyl (C=O) groups excluding carboxylic acids is 2. The number of nitrogens with one attached hydrogen (secondary N) is 2. The fourth-order valence-electron chi connectivity index (χ4n) is 3.18. The fraction of sp³-hybridized carbons (Fsp3) is 0.300. The van der Waals surface area contributed by atoms with Gasteiger partial charge >= 0.3 is 0 Å².